The molecule has 1 heterocycles. The lowest BCUT2D eigenvalue weighted by Gasteiger charge is -2.25. The van der Waals surface area contributed by atoms with Crippen LogP contribution in [0.25, 0.3) is 0 Å². The van der Waals surface area contributed by atoms with E-state index in [1.165, 1.54) is 11.1 Å². The van der Waals surface area contributed by atoms with Crippen LogP contribution >= 0.6 is 0 Å². The van der Waals surface area contributed by atoms with Crippen molar-refractivity contribution in [1.29, 1.82) is 0 Å². The zero-order chi connectivity index (χ0) is 14.5. The minimum atomic E-state index is -0.214. The molecule has 1 aliphatic rings. The van der Waals surface area contributed by atoms with E-state index in [-0.39, 0.29) is 11.9 Å². The van der Waals surface area contributed by atoms with E-state index in [4.69, 9.17) is 5.73 Å². The van der Waals surface area contributed by atoms with Crippen LogP contribution in [0.2, 0.25) is 0 Å². The Bertz CT molecular complexity index is 473. The lowest BCUT2D eigenvalue weighted by molar-refractivity contribution is -0.119. The van der Waals surface area contributed by atoms with Gasteiger partial charge in [-0.2, -0.15) is 0 Å². The van der Waals surface area contributed by atoms with Gasteiger partial charge < -0.3 is 16.0 Å². The molecule has 0 aromatic heterocycles. The number of benzene rings is 1. The molecule has 1 amide bonds. The van der Waals surface area contributed by atoms with Gasteiger partial charge in [0.2, 0.25) is 5.91 Å². The Labute approximate surface area is 121 Å². The summed E-state index contributed by atoms with van der Waals surface area (Å²) in [5.74, 6) is -0.214. The number of nitrogens with one attached hydrogen (secondary N) is 1. The van der Waals surface area contributed by atoms with Crippen LogP contribution in [-0.2, 0) is 11.3 Å². The number of rotatable bonds is 6. The number of nitrogens with two attached hydrogens (primary N) is 1. The summed E-state index contributed by atoms with van der Waals surface area (Å²) in [6, 6.07) is 6.30. The van der Waals surface area contributed by atoms with Crippen molar-refractivity contribution in [2.24, 2.45) is 5.73 Å². The van der Waals surface area contributed by atoms with Gasteiger partial charge in [0, 0.05) is 18.8 Å². The summed E-state index contributed by atoms with van der Waals surface area (Å²) in [5.41, 5.74) is 9.18. The highest BCUT2D eigenvalue weighted by atomic mass is 16.1. The summed E-state index contributed by atoms with van der Waals surface area (Å²) in [7, 11) is 0. The fourth-order valence-electron chi connectivity index (χ4n) is 2.83. The number of carbonyl (C=O) groups is 1. The molecule has 0 aliphatic carbocycles. The number of aryl methyl sites for hydroxylation is 1. The van der Waals surface area contributed by atoms with Crippen molar-refractivity contribution in [2.75, 3.05) is 18.0 Å². The summed E-state index contributed by atoms with van der Waals surface area (Å²) in [6.45, 7) is 7.15. The summed E-state index contributed by atoms with van der Waals surface area (Å²) >= 11 is 0. The average molecular weight is 275 g/mol. The highest BCUT2D eigenvalue weighted by molar-refractivity contribution is 5.84. The minimum absolute atomic E-state index is 0.140. The van der Waals surface area contributed by atoms with Crippen LogP contribution in [-0.4, -0.2) is 25.0 Å². The van der Waals surface area contributed by atoms with E-state index >= 15 is 0 Å². The molecule has 0 saturated carbocycles. The van der Waals surface area contributed by atoms with Crippen LogP contribution in [0.1, 0.15) is 37.3 Å². The van der Waals surface area contributed by atoms with E-state index in [0.29, 0.717) is 0 Å². The van der Waals surface area contributed by atoms with Gasteiger partial charge in [-0.3, -0.25) is 4.79 Å². The van der Waals surface area contributed by atoms with Crippen molar-refractivity contribution >= 4 is 11.6 Å². The molecule has 1 atom stereocenters. The Balaban J connectivity index is 2.10. The summed E-state index contributed by atoms with van der Waals surface area (Å²) < 4.78 is 0. The van der Waals surface area contributed by atoms with E-state index in [1.807, 2.05) is 0 Å². The minimum Gasteiger partial charge on any atom is -0.368 e. The van der Waals surface area contributed by atoms with Crippen molar-refractivity contribution in [1.82, 2.24) is 5.32 Å². The Morgan fingerprint density at radius 3 is 2.95 bits per heavy atom. The van der Waals surface area contributed by atoms with Gasteiger partial charge in [0.15, 0.2) is 0 Å². The van der Waals surface area contributed by atoms with Crippen LogP contribution in [0.15, 0.2) is 18.2 Å². The number of carbonyl (C=O) groups excluding carboxylic acids is 1. The highest BCUT2D eigenvalue weighted by Gasteiger charge is 2.29. The number of nitrogens with zero attached hydrogens (tertiary/aromatic N) is 1. The van der Waals surface area contributed by atoms with Gasteiger partial charge in [0.05, 0.1) is 0 Å². The van der Waals surface area contributed by atoms with Crippen LogP contribution in [0, 0.1) is 6.92 Å². The average Bonchev–Trinajstić information content (AvgIpc) is 2.90. The van der Waals surface area contributed by atoms with Crippen LogP contribution < -0.4 is 16.0 Å². The Morgan fingerprint density at radius 2 is 2.30 bits per heavy atom. The Morgan fingerprint density at radius 1 is 1.50 bits per heavy atom. The third kappa shape index (κ3) is 3.31. The molecule has 4 heteroatoms. The van der Waals surface area contributed by atoms with Crippen molar-refractivity contribution in [3.63, 3.8) is 0 Å². The number of hydrogen-bond donors (Lipinski definition) is 2. The van der Waals surface area contributed by atoms with E-state index in [2.05, 4.69) is 42.3 Å². The molecule has 1 fully saturated rings. The molecule has 110 valence electrons. The molecule has 20 heavy (non-hydrogen) atoms. The largest absolute Gasteiger partial charge is 0.368 e. The molecule has 0 bridgehead atoms. The van der Waals surface area contributed by atoms with Gasteiger partial charge in [-0.15, -0.1) is 0 Å². The molecular formula is C16H25N3O. The molecule has 0 radical (unpaired) electrons. The zero-order valence-electron chi connectivity index (χ0n) is 12.5. The molecule has 1 saturated heterocycles. The van der Waals surface area contributed by atoms with E-state index in [1.54, 1.807) is 0 Å². The van der Waals surface area contributed by atoms with Gasteiger partial charge in [-0.1, -0.05) is 13.0 Å². The van der Waals surface area contributed by atoms with Gasteiger partial charge >= 0.3 is 0 Å². The summed E-state index contributed by atoms with van der Waals surface area (Å²) in [6.07, 6.45) is 3.05. The summed E-state index contributed by atoms with van der Waals surface area (Å²) in [4.78, 5) is 13.6. The molecule has 0 spiro atoms. The second-order valence-corrected chi connectivity index (χ2v) is 5.54. The smallest absolute Gasteiger partial charge is 0.240 e. The van der Waals surface area contributed by atoms with Gasteiger partial charge in [-0.05, 0) is 56.0 Å². The highest BCUT2D eigenvalue weighted by Crippen LogP contribution is 2.27. The number of primary amides is 1. The SMILES string of the molecule is CCCNCc1ccc(N2CCCC2C(N)=O)cc1C. The van der Waals surface area contributed by atoms with Crippen molar-refractivity contribution in [2.45, 2.75) is 45.7 Å². The second kappa shape index (κ2) is 6.75. The third-order valence-electron chi connectivity index (χ3n) is 3.98. The summed E-state index contributed by atoms with van der Waals surface area (Å²) in [5, 5.41) is 3.42. The molecular weight excluding hydrogens is 250 g/mol. The van der Waals surface area contributed by atoms with Gasteiger partial charge in [0.1, 0.15) is 6.04 Å². The number of amides is 1. The first-order chi connectivity index (χ1) is 9.63. The van der Waals surface area contributed by atoms with Crippen LogP contribution in [0.5, 0.6) is 0 Å². The Hall–Kier alpha value is -1.55. The standard InChI is InChI=1S/C16H25N3O/c1-3-8-18-11-13-6-7-14(10-12(13)2)19-9-4-5-15(19)16(17)20/h6-7,10,15,18H,3-5,8-9,11H2,1-2H3,(H2,17,20). The van der Waals surface area contributed by atoms with Crippen molar-refractivity contribution in [3.8, 4) is 0 Å². The van der Waals surface area contributed by atoms with Crippen LogP contribution in [0.4, 0.5) is 5.69 Å². The van der Waals surface area contributed by atoms with E-state index in [0.717, 1.165) is 44.6 Å². The quantitative estimate of drug-likeness (QED) is 0.780. The first-order valence-electron chi connectivity index (χ1n) is 7.49. The molecule has 1 aromatic carbocycles. The van der Waals surface area contributed by atoms with Crippen molar-refractivity contribution < 1.29 is 4.79 Å². The first-order valence-corrected chi connectivity index (χ1v) is 7.49. The molecule has 2 rings (SSSR count). The predicted octanol–water partition coefficient (Wildman–Crippen LogP) is 1.95. The molecule has 1 unspecified atom stereocenters. The lowest BCUT2D eigenvalue weighted by atomic mass is 10.1. The van der Waals surface area contributed by atoms with Crippen LogP contribution in [0.3, 0.4) is 0 Å². The lowest BCUT2D eigenvalue weighted by Crippen LogP contribution is -2.40. The maximum absolute atomic E-state index is 11.5. The van der Waals surface area contributed by atoms with Gasteiger partial charge in [-0.25, -0.2) is 0 Å². The number of hydrogen-bond acceptors (Lipinski definition) is 3. The normalized spacial score (nSPS) is 18.5. The second-order valence-electron chi connectivity index (χ2n) is 5.54. The Kier molecular flexibility index (Phi) is 5.01. The zero-order valence-corrected chi connectivity index (χ0v) is 12.5. The molecule has 1 aromatic rings. The van der Waals surface area contributed by atoms with E-state index < -0.39 is 0 Å². The molecule has 4 nitrogen and oxygen atoms in total. The topological polar surface area (TPSA) is 58.4 Å². The first kappa shape index (κ1) is 14.9. The fraction of sp³-hybridized carbons (Fsp3) is 0.562. The monoisotopic (exact) mass is 275 g/mol. The predicted molar refractivity (Wildman–Crippen MR) is 82.7 cm³/mol. The van der Waals surface area contributed by atoms with Crippen molar-refractivity contribution in [3.05, 3.63) is 29.3 Å². The number of anilines is 1. The van der Waals surface area contributed by atoms with E-state index in [9.17, 15) is 4.79 Å². The molecule has 3 N–H and O–H groups in total. The maximum atomic E-state index is 11.5. The third-order valence-corrected chi connectivity index (χ3v) is 3.98. The molecule has 1 aliphatic heterocycles. The van der Waals surface area contributed by atoms with Gasteiger partial charge in [0.25, 0.3) is 0 Å². The fourth-order valence-corrected chi connectivity index (χ4v) is 2.83. The maximum Gasteiger partial charge on any atom is 0.240 e.